The molecule has 0 unspecified atom stereocenters. The van der Waals surface area contributed by atoms with Crippen molar-refractivity contribution in [3.05, 3.63) is 53.5 Å². The van der Waals surface area contributed by atoms with Gasteiger partial charge in [-0.3, -0.25) is 4.98 Å². The molecule has 0 radical (unpaired) electrons. The van der Waals surface area contributed by atoms with Crippen LogP contribution >= 0.6 is 0 Å². The minimum atomic E-state index is -4.72. The Kier molecular flexibility index (Phi) is 3.20. The standard InChI is InChI=1S/C15H12F4N2/c16-14-9(2-1-3-11(14)15(17,18)19)13-5-4-8(7-21-13)10-6-12(10)20/h1-5,7,10,12H,6,20H2/t10-,12+/m0/s1. The molecule has 2 aromatic rings. The molecule has 3 rings (SSSR count). The van der Waals surface area contributed by atoms with Crippen LogP contribution in [-0.2, 0) is 6.18 Å². The highest BCUT2D eigenvalue weighted by molar-refractivity contribution is 5.61. The molecule has 0 spiro atoms. The molecule has 6 heteroatoms. The van der Waals surface area contributed by atoms with Crippen molar-refractivity contribution in [3.8, 4) is 11.3 Å². The van der Waals surface area contributed by atoms with Crippen LogP contribution < -0.4 is 5.73 Å². The monoisotopic (exact) mass is 296 g/mol. The van der Waals surface area contributed by atoms with Crippen molar-refractivity contribution in [1.29, 1.82) is 0 Å². The van der Waals surface area contributed by atoms with Gasteiger partial charge in [0.25, 0.3) is 0 Å². The summed E-state index contributed by atoms with van der Waals surface area (Å²) in [7, 11) is 0. The molecule has 2 atom stereocenters. The Morgan fingerprint density at radius 2 is 1.86 bits per heavy atom. The molecule has 0 bridgehead atoms. The summed E-state index contributed by atoms with van der Waals surface area (Å²) in [6.07, 6.45) is -2.30. The predicted octanol–water partition coefficient (Wildman–Crippen LogP) is 3.72. The van der Waals surface area contributed by atoms with E-state index in [1.54, 1.807) is 12.3 Å². The van der Waals surface area contributed by atoms with Crippen molar-refractivity contribution in [2.45, 2.75) is 24.6 Å². The molecule has 1 heterocycles. The van der Waals surface area contributed by atoms with Crippen molar-refractivity contribution in [1.82, 2.24) is 4.98 Å². The van der Waals surface area contributed by atoms with Gasteiger partial charge in [0.15, 0.2) is 0 Å². The highest BCUT2D eigenvalue weighted by Gasteiger charge is 2.36. The van der Waals surface area contributed by atoms with E-state index in [0.29, 0.717) is 0 Å². The SMILES string of the molecule is N[C@@H]1C[C@H]1c1ccc(-c2cccc(C(F)(F)F)c2F)nc1. The zero-order chi connectivity index (χ0) is 15.2. The van der Waals surface area contributed by atoms with E-state index in [9.17, 15) is 17.6 Å². The van der Waals surface area contributed by atoms with Gasteiger partial charge in [0, 0.05) is 23.7 Å². The van der Waals surface area contributed by atoms with Gasteiger partial charge in [-0.05, 0) is 30.2 Å². The number of nitrogens with zero attached hydrogens (tertiary/aromatic N) is 1. The summed E-state index contributed by atoms with van der Waals surface area (Å²) in [5, 5.41) is 0. The van der Waals surface area contributed by atoms with Crippen molar-refractivity contribution in [2.75, 3.05) is 0 Å². The largest absolute Gasteiger partial charge is 0.419 e. The first-order valence-corrected chi connectivity index (χ1v) is 6.45. The lowest BCUT2D eigenvalue weighted by Gasteiger charge is -2.11. The lowest BCUT2D eigenvalue weighted by molar-refractivity contribution is -0.139. The van der Waals surface area contributed by atoms with Crippen LogP contribution in [0.3, 0.4) is 0 Å². The third kappa shape index (κ3) is 2.63. The second kappa shape index (κ2) is 4.80. The summed E-state index contributed by atoms with van der Waals surface area (Å²) < 4.78 is 52.1. The zero-order valence-electron chi connectivity index (χ0n) is 10.9. The minimum Gasteiger partial charge on any atom is -0.327 e. The normalized spacial score (nSPS) is 21.4. The quantitative estimate of drug-likeness (QED) is 0.858. The molecule has 21 heavy (non-hydrogen) atoms. The lowest BCUT2D eigenvalue weighted by Crippen LogP contribution is -2.09. The van der Waals surface area contributed by atoms with Crippen LogP contribution in [-0.4, -0.2) is 11.0 Å². The summed E-state index contributed by atoms with van der Waals surface area (Å²) in [5.41, 5.74) is 5.40. The molecule has 2 N–H and O–H groups in total. The molecule has 1 saturated carbocycles. The molecule has 1 aromatic carbocycles. The topological polar surface area (TPSA) is 38.9 Å². The van der Waals surface area contributed by atoms with Gasteiger partial charge >= 0.3 is 6.18 Å². The van der Waals surface area contributed by atoms with Crippen LogP contribution in [0.2, 0.25) is 0 Å². The molecule has 0 saturated heterocycles. The van der Waals surface area contributed by atoms with Crippen LogP contribution in [0, 0.1) is 5.82 Å². The Hall–Kier alpha value is -1.95. The fourth-order valence-electron chi connectivity index (χ4n) is 2.33. The third-order valence-corrected chi connectivity index (χ3v) is 3.63. The number of hydrogen-bond donors (Lipinski definition) is 1. The Bertz CT molecular complexity index is 664. The molecule has 0 aliphatic heterocycles. The van der Waals surface area contributed by atoms with Gasteiger partial charge in [-0.25, -0.2) is 4.39 Å². The van der Waals surface area contributed by atoms with Gasteiger partial charge in [-0.15, -0.1) is 0 Å². The van der Waals surface area contributed by atoms with E-state index in [-0.39, 0.29) is 23.2 Å². The highest BCUT2D eigenvalue weighted by atomic mass is 19.4. The van der Waals surface area contributed by atoms with Crippen molar-refractivity contribution in [2.24, 2.45) is 5.73 Å². The van der Waals surface area contributed by atoms with E-state index >= 15 is 0 Å². The number of pyridine rings is 1. The number of rotatable bonds is 2. The number of benzene rings is 1. The summed E-state index contributed by atoms with van der Waals surface area (Å²) >= 11 is 0. The first-order valence-electron chi connectivity index (χ1n) is 6.45. The van der Waals surface area contributed by atoms with E-state index in [0.717, 1.165) is 18.1 Å². The smallest absolute Gasteiger partial charge is 0.327 e. The highest BCUT2D eigenvalue weighted by Crippen LogP contribution is 2.39. The van der Waals surface area contributed by atoms with Crippen LogP contribution in [0.5, 0.6) is 0 Å². The molecule has 110 valence electrons. The predicted molar refractivity (Wildman–Crippen MR) is 70.0 cm³/mol. The average Bonchev–Trinajstić information content (AvgIpc) is 3.15. The van der Waals surface area contributed by atoms with Gasteiger partial charge in [-0.1, -0.05) is 12.1 Å². The van der Waals surface area contributed by atoms with E-state index in [4.69, 9.17) is 5.73 Å². The molecular weight excluding hydrogens is 284 g/mol. The number of aromatic nitrogens is 1. The van der Waals surface area contributed by atoms with Gasteiger partial charge in [0.1, 0.15) is 5.82 Å². The third-order valence-electron chi connectivity index (χ3n) is 3.63. The summed E-state index contributed by atoms with van der Waals surface area (Å²) in [6, 6.07) is 6.56. The number of alkyl halides is 3. The van der Waals surface area contributed by atoms with Gasteiger partial charge < -0.3 is 5.73 Å². The summed E-state index contributed by atoms with van der Waals surface area (Å²) in [4.78, 5) is 4.07. The Morgan fingerprint density at radius 3 is 2.38 bits per heavy atom. The van der Waals surface area contributed by atoms with E-state index in [1.165, 1.54) is 18.2 Å². The molecule has 1 aliphatic rings. The molecule has 1 fully saturated rings. The summed E-state index contributed by atoms with van der Waals surface area (Å²) in [5.74, 6) is -1.05. The maximum Gasteiger partial charge on any atom is 0.419 e. The van der Waals surface area contributed by atoms with Crippen LogP contribution in [0.15, 0.2) is 36.5 Å². The average molecular weight is 296 g/mol. The van der Waals surface area contributed by atoms with Gasteiger partial charge in [0.05, 0.1) is 11.3 Å². The number of hydrogen-bond acceptors (Lipinski definition) is 2. The molecule has 0 amide bonds. The number of nitrogens with two attached hydrogens (primary N) is 1. The number of halogens is 4. The molecule has 1 aliphatic carbocycles. The Morgan fingerprint density at radius 1 is 1.14 bits per heavy atom. The van der Waals surface area contributed by atoms with Crippen LogP contribution in [0.1, 0.15) is 23.5 Å². The zero-order valence-corrected chi connectivity index (χ0v) is 10.9. The van der Waals surface area contributed by atoms with Gasteiger partial charge in [0.2, 0.25) is 0 Å². The fraction of sp³-hybridized carbons (Fsp3) is 0.267. The van der Waals surface area contributed by atoms with Crippen molar-refractivity contribution < 1.29 is 17.6 Å². The molecular formula is C15H12F4N2. The van der Waals surface area contributed by atoms with Gasteiger partial charge in [-0.2, -0.15) is 13.2 Å². The lowest BCUT2D eigenvalue weighted by atomic mass is 10.0. The van der Waals surface area contributed by atoms with E-state index in [1.807, 2.05) is 0 Å². The van der Waals surface area contributed by atoms with E-state index < -0.39 is 17.6 Å². The van der Waals surface area contributed by atoms with Crippen LogP contribution in [0.4, 0.5) is 17.6 Å². The molecule has 1 aromatic heterocycles. The summed E-state index contributed by atoms with van der Waals surface area (Å²) in [6.45, 7) is 0. The Balaban J connectivity index is 1.97. The second-order valence-electron chi connectivity index (χ2n) is 5.15. The first kappa shape index (κ1) is 14.0. The fourth-order valence-corrected chi connectivity index (χ4v) is 2.33. The first-order chi connectivity index (χ1) is 9.88. The second-order valence-corrected chi connectivity index (χ2v) is 5.15. The van der Waals surface area contributed by atoms with Crippen LogP contribution in [0.25, 0.3) is 11.3 Å². The maximum absolute atomic E-state index is 14.0. The molecule has 2 nitrogen and oxygen atoms in total. The van der Waals surface area contributed by atoms with Crippen molar-refractivity contribution >= 4 is 0 Å². The maximum atomic E-state index is 14.0. The van der Waals surface area contributed by atoms with E-state index in [2.05, 4.69) is 4.98 Å². The Labute approximate surface area is 118 Å². The van der Waals surface area contributed by atoms with Crippen molar-refractivity contribution in [3.63, 3.8) is 0 Å². The minimum absolute atomic E-state index is 0.114.